The van der Waals surface area contributed by atoms with Crippen molar-refractivity contribution in [1.82, 2.24) is 4.57 Å². The summed E-state index contributed by atoms with van der Waals surface area (Å²) < 4.78 is 2.45. The average molecular weight is 865 g/mol. The smallest absolute Gasteiger partial charge is 0.0562 e. The molecule has 0 saturated heterocycles. The molecule has 0 unspecified atom stereocenters. The van der Waals surface area contributed by atoms with Crippen LogP contribution in [0.5, 0.6) is 0 Å². The van der Waals surface area contributed by atoms with Crippen LogP contribution < -0.4 is 4.90 Å². The first kappa shape index (κ1) is 39.4. The van der Waals surface area contributed by atoms with Gasteiger partial charge in [0.05, 0.1) is 16.7 Å². The summed E-state index contributed by atoms with van der Waals surface area (Å²) in [6.45, 7) is 0. The first-order valence-corrected chi connectivity index (χ1v) is 23.4. The number of hydrogen-bond acceptors (Lipinski definition) is 1. The monoisotopic (exact) mass is 864 g/mol. The van der Waals surface area contributed by atoms with Crippen molar-refractivity contribution in [2.75, 3.05) is 4.90 Å². The fraction of sp³-hybridized carbons (Fsp3) is 0. The topological polar surface area (TPSA) is 8.17 Å². The van der Waals surface area contributed by atoms with E-state index < -0.39 is 0 Å². The Morgan fingerprint density at radius 3 is 1.46 bits per heavy atom. The Morgan fingerprint density at radius 2 is 0.706 bits per heavy atom. The van der Waals surface area contributed by atoms with Crippen molar-refractivity contribution in [1.29, 1.82) is 0 Å². The minimum atomic E-state index is 1.08. The molecule has 2 nitrogen and oxygen atoms in total. The Labute approximate surface area is 395 Å². The number of hydrogen-bond donors (Lipinski definition) is 0. The van der Waals surface area contributed by atoms with E-state index in [9.17, 15) is 0 Å². The van der Waals surface area contributed by atoms with Crippen molar-refractivity contribution < 1.29 is 0 Å². The Bertz CT molecular complexity index is 4000. The highest BCUT2D eigenvalue weighted by Gasteiger charge is 2.21. The van der Waals surface area contributed by atoms with Crippen LogP contribution >= 0.6 is 0 Å². The van der Waals surface area contributed by atoms with Gasteiger partial charge >= 0.3 is 0 Å². The van der Waals surface area contributed by atoms with Gasteiger partial charge in [0, 0.05) is 33.2 Å². The minimum absolute atomic E-state index is 1.08. The summed E-state index contributed by atoms with van der Waals surface area (Å²) in [6, 6.07) is 97.5. The second-order valence-electron chi connectivity index (χ2n) is 17.6. The minimum Gasteiger partial charge on any atom is -0.310 e. The predicted molar refractivity (Wildman–Crippen MR) is 290 cm³/mol. The molecule has 0 bridgehead atoms. The highest BCUT2D eigenvalue weighted by atomic mass is 15.1. The second kappa shape index (κ2) is 16.5. The van der Waals surface area contributed by atoms with Crippen molar-refractivity contribution >= 4 is 71.2 Å². The van der Waals surface area contributed by atoms with Crippen molar-refractivity contribution in [3.8, 4) is 50.2 Å². The molecule has 318 valence electrons. The number of aromatic nitrogens is 1. The predicted octanol–water partition coefficient (Wildman–Crippen LogP) is 18.4. The number of anilines is 3. The van der Waals surface area contributed by atoms with E-state index in [1.54, 1.807) is 0 Å². The van der Waals surface area contributed by atoms with Gasteiger partial charge in [-0.1, -0.05) is 212 Å². The summed E-state index contributed by atoms with van der Waals surface area (Å²) >= 11 is 0. The van der Waals surface area contributed by atoms with Crippen LogP contribution in [0.1, 0.15) is 0 Å². The molecule has 12 aromatic carbocycles. The zero-order valence-electron chi connectivity index (χ0n) is 37.3. The first-order chi connectivity index (χ1) is 33.7. The fourth-order valence-corrected chi connectivity index (χ4v) is 10.6. The van der Waals surface area contributed by atoms with Crippen molar-refractivity contribution in [2.24, 2.45) is 0 Å². The standard InChI is InChI=1S/C66H44N2/c1-4-18-45(19-5-1)50-26-16-27-53(42-50)67(54-39-41-59-58-30-14-15-32-63(58)68(64(59)44-54)62-33-17-25-47-20-10-11-28-55(47)62)52-37-34-46(35-38-52)51-36-40-57-56-29-12-13-31-60(56)65(48-21-6-2-7-22-48)66(61(57)43-51)49-23-8-3-9-24-49/h1-44H. The first-order valence-electron chi connectivity index (χ1n) is 23.4. The van der Waals surface area contributed by atoms with Gasteiger partial charge in [0.15, 0.2) is 0 Å². The Morgan fingerprint density at radius 1 is 0.235 bits per heavy atom. The lowest BCUT2D eigenvalue weighted by Gasteiger charge is -2.26. The van der Waals surface area contributed by atoms with E-state index in [1.807, 2.05) is 0 Å². The molecule has 68 heavy (non-hydrogen) atoms. The van der Waals surface area contributed by atoms with Crippen LogP contribution in [0.3, 0.4) is 0 Å². The molecule has 0 atom stereocenters. The zero-order chi connectivity index (χ0) is 45.0. The summed E-state index contributed by atoms with van der Waals surface area (Å²) in [5.74, 6) is 0. The van der Waals surface area contributed by atoms with Gasteiger partial charge in [-0.05, 0) is 126 Å². The van der Waals surface area contributed by atoms with E-state index in [2.05, 4.69) is 276 Å². The average Bonchev–Trinajstić information content (AvgIpc) is 3.74. The number of rotatable bonds is 8. The second-order valence-corrected chi connectivity index (χ2v) is 17.6. The van der Waals surface area contributed by atoms with E-state index in [0.717, 1.165) is 28.1 Å². The third-order valence-electron chi connectivity index (χ3n) is 13.7. The lowest BCUT2D eigenvalue weighted by molar-refractivity contribution is 1.19. The van der Waals surface area contributed by atoms with E-state index in [1.165, 1.54) is 93.2 Å². The third-order valence-corrected chi connectivity index (χ3v) is 13.7. The lowest BCUT2D eigenvalue weighted by atomic mass is 9.84. The van der Waals surface area contributed by atoms with E-state index in [0.29, 0.717) is 0 Å². The van der Waals surface area contributed by atoms with Gasteiger partial charge in [-0.2, -0.15) is 0 Å². The van der Waals surface area contributed by atoms with Crippen LogP contribution in [-0.4, -0.2) is 4.57 Å². The molecular weight excluding hydrogens is 821 g/mol. The number of benzene rings is 12. The van der Waals surface area contributed by atoms with Crippen LogP contribution in [-0.2, 0) is 0 Å². The largest absolute Gasteiger partial charge is 0.310 e. The van der Waals surface area contributed by atoms with E-state index in [4.69, 9.17) is 0 Å². The molecule has 0 fully saturated rings. The van der Waals surface area contributed by atoms with E-state index in [-0.39, 0.29) is 0 Å². The van der Waals surface area contributed by atoms with Crippen LogP contribution in [0.2, 0.25) is 0 Å². The van der Waals surface area contributed by atoms with Crippen molar-refractivity contribution in [3.63, 3.8) is 0 Å². The SMILES string of the molecule is c1ccc(-c2cccc(N(c3ccc(-c4ccc5c(c4)c(-c4ccccc4)c(-c4ccccc4)c4ccccc45)cc3)c3ccc4c5ccccc5n(-c5cccc6ccccc56)c4c3)c2)cc1. The van der Waals surface area contributed by atoms with Crippen LogP contribution in [0.4, 0.5) is 17.1 Å². The van der Waals surface area contributed by atoms with Gasteiger partial charge in [-0.3, -0.25) is 0 Å². The maximum absolute atomic E-state index is 2.45. The molecule has 0 aliphatic carbocycles. The van der Waals surface area contributed by atoms with Crippen LogP contribution in [0.25, 0.3) is 104 Å². The highest BCUT2D eigenvalue weighted by Crippen LogP contribution is 2.46. The summed E-state index contributed by atoms with van der Waals surface area (Å²) in [7, 11) is 0. The van der Waals surface area contributed by atoms with Gasteiger partial charge in [0.2, 0.25) is 0 Å². The van der Waals surface area contributed by atoms with Gasteiger partial charge in [-0.15, -0.1) is 0 Å². The number of para-hydroxylation sites is 1. The Hall–Kier alpha value is -8.98. The van der Waals surface area contributed by atoms with E-state index >= 15 is 0 Å². The van der Waals surface area contributed by atoms with Gasteiger partial charge < -0.3 is 9.47 Å². The molecular formula is C66H44N2. The van der Waals surface area contributed by atoms with Crippen LogP contribution in [0.15, 0.2) is 267 Å². The van der Waals surface area contributed by atoms with Crippen LogP contribution in [0, 0.1) is 0 Å². The molecule has 0 spiro atoms. The van der Waals surface area contributed by atoms with Gasteiger partial charge in [0.1, 0.15) is 0 Å². The van der Waals surface area contributed by atoms with Gasteiger partial charge in [0.25, 0.3) is 0 Å². The molecule has 0 N–H and O–H groups in total. The maximum Gasteiger partial charge on any atom is 0.0562 e. The summed E-state index contributed by atoms with van der Waals surface area (Å²) in [5, 5.41) is 9.91. The molecule has 0 amide bonds. The lowest BCUT2D eigenvalue weighted by Crippen LogP contribution is -2.10. The molecule has 13 rings (SSSR count). The summed E-state index contributed by atoms with van der Waals surface area (Å²) in [4.78, 5) is 2.41. The molecule has 1 aromatic heterocycles. The van der Waals surface area contributed by atoms with Crippen molar-refractivity contribution in [2.45, 2.75) is 0 Å². The normalized spacial score (nSPS) is 11.5. The molecule has 2 heteroatoms. The highest BCUT2D eigenvalue weighted by molar-refractivity contribution is 6.22. The zero-order valence-corrected chi connectivity index (χ0v) is 37.3. The molecule has 0 aliphatic heterocycles. The Kier molecular flexibility index (Phi) is 9.54. The molecule has 0 aliphatic rings. The molecule has 0 saturated carbocycles. The summed E-state index contributed by atoms with van der Waals surface area (Å²) in [5.41, 5.74) is 16.4. The number of fused-ring (bicyclic) bond motifs is 7. The third kappa shape index (κ3) is 6.65. The van der Waals surface area contributed by atoms with Crippen molar-refractivity contribution in [3.05, 3.63) is 267 Å². The van der Waals surface area contributed by atoms with Gasteiger partial charge in [-0.25, -0.2) is 0 Å². The maximum atomic E-state index is 2.45. The molecule has 1 heterocycles. The quantitative estimate of drug-likeness (QED) is 0.138. The molecule has 0 radical (unpaired) electrons. The number of nitrogens with zero attached hydrogens (tertiary/aromatic N) is 2. The Balaban J connectivity index is 0.994. The summed E-state index contributed by atoms with van der Waals surface area (Å²) in [6.07, 6.45) is 0. The molecule has 13 aromatic rings. The fourth-order valence-electron chi connectivity index (χ4n) is 10.6.